The van der Waals surface area contributed by atoms with Crippen LogP contribution in [0.3, 0.4) is 0 Å². The van der Waals surface area contributed by atoms with Crippen molar-refractivity contribution in [1.82, 2.24) is 10.2 Å². The van der Waals surface area contributed by atoms with E-state index >= 15 is 0 Å². The Morgan fingerprint density at radius 2 is 1.42 bits per heavy atom. The van der Waals surface area contributed by atoms with Gasteiger partial charge in [0, 0.05) is 11.3 Å². The molecule has 5 heteroatoms. The third-order valence-corrected chi connectivity index (χ3v) is 4.00. The molecule has 26 heavy (non-hydrogen) atoms. The van der Waals surface area contributed by atoms with Crippen LogP contribution in [0, 0.1) is 5.82 Å². The minimum Gasteiger partial charge on any atom is -0.418 e. The number of nitrogens with zero attached hydrogens (tertiary/aromatic N) is 2. The SMILES string of the molecule is Fc1ccc(N[C@@H](c2ccccc2)c2nnc(-c3ccccc3)o2)cc1. The molecule has 1 aromatic heterocycles. The Hall–Kier alpha value is -3.47. The lowest BCUT2D eigenvalue weighted by Gasteiger charge is -2.17. The summed E-state index contributed by atoms with van der Waals surface area (Å²) in [5, 5.41) is 11.7. The van der Waals surface area contributed by atoms with Crippen molar-refractivity contribution in [2.75, 3.05) is 5.32 Å². The van der Waals surface area contributed by atoms with Gasteiger partial charge >= 0.3 is 0 Å². The molecule has 0 aliphatic rings. The van der Waals surface area contributed by atoms with Crippen molar-refractivity contribution in [3.8, 4) is 11.5 Å². The van der Waals surface area contributed by atoms with Gasteiger partial charge in [-0.05, 0) is 42.0 Å². The predicted molar refractivity (Wildman–Crippen MR) is 98.0 cm³/mol. The Kier molecular flexibility index (Phi) is 4.43. The van der Waals surface area contributed by atoms with E-state index in [1.54, 1.807) is 12.1 Å². The average molecular weight is 345 g/mol. The number of benzene rings is 3. The lowest BCUT2D eigenvalue weighted by atomic mass is 10.1. The van der Waals surface area contributed by atoms with Gasteiger partial charge in [0.2, 0.25) is 11.8 Å². The molecule has 4 rings (SSSR count). The molecule has 0 unspecified atom stereocenters. The van der Waals surface area contributed by atoms with Crippen LogP contribution in [0.15, 0.2) is 89.3 Å². The quantitative estimate of drug-likeness (QED) is 0.548. The van der Waals surface area contributed by atoms with Gasteiger partial charge in [-0.2, -0.15) is 0 Å². The lowest BCUT2D eigenvalue weighted by Crippen LogP contribution is -2.12. The van der Waals surface area contributed by atoms with E-state index in [0.717, 1.165) is 16.8 Å². The second kappa shape index (κ2) is 7.19. The Labute approximate surface area is 150 Å². The summed E-state index contributed by atoms with van der Waals surface area (Å²) >= 11 is 0. The van der Waals surface area contributed by atoms with Crippen LogP contribution < -0.4 is 5.32 Å². The third kappa shape index (κ3) is 3.47. The van der Waals surface area contributed by atoms with E-state index in [0.29, 0.717) is 11.8 Å². The molecule has 0 radical (unpaired) electrons. The predicted octanol–water partition coefficient (Wildman–Crippen LogP) is 5.08. The highest BCUT2D eigenvalue weighted by atomic mass is 19.1. The molecule has 0 aliphatic heterocycles. The molecule has 4 nitrogen and oxygen atoms in total. The third-order valence-electron chi connectivity index (χ3n) is 4.00. The second-order valence-corrected chi connectivity index (χ2v) is 5.81. The first-order valence-corrected chi connectivity index (χ1v) is 8.25. The van der Waals surface area contributed by atoms with Gasteiger partial charge in [-0.1, -0.05) is 48.5 Å². The number of halogens is 1. The first kappa shape index (κ1) is 16.0. The summed E-state index contributed by atoms with van der Waals surface area (Å²) in [7, 11) is 0. The van der Waals surface area contributed by atoms with Crippen LogP contribution in [-0.4, -0.2) is 10.2 Å². The summed E-state index contributed by atoms with van der Waals surface area (Å²) in [6.07, 6.45) is 0. The molecule has 0 amide bonds. The Morgan fingerprint density at radius 3 is 2.12 bits per heavy atom. The van der Waals surface area contributed by atoms with Crippen molar-refractivity contribution in [3.05, 3.63) is 102 Å². The van der Waals surface area contributed by atoms with Crippen molar-refractivity contribution in [1.29, 1.82) is 0 Å². The number of anilines is 1. The summed E-state index contributed by atoms with van der Waals surface area (Å²) < 4.78 is 19.1. The molecule has 0 spiro atoms. The van der Waals surface area contributed by atoms with Crippen LogP contribution in [0.25, 0.3) is 11.5 Å². The van der Waals surface area contributed by atoms with Crippen molar-refractivity contribution in [2.24, 2.45) is 0 Å². The second-order valence-electron chi connectivity index (χ2n) is 5.81. The van der Waals surface area contributed by atoms with Gasteiger partial charge in [0.25, 0.3) is 0 Å². The van der Waals surface area contributed by atoms with Gasteiger partial charge in [-0.25, -0.2) is 4.39 Å². The van der Waals surface area contributed by atoms with E-state index in [4.69, 9.17) is 4.42 Å². The fraction of sp³-hybridized carbons (Fsp3) is 0.0476. The molecule has 1 N–H and O–H groups in total. The molecule has 0 saturated heterocycles. The molecule has 1 atom stereocenters. The summed E-state index contributed by atoms with van der Waals surface area (Å²) in [6, 6.07) is 25.3. The maximum absolute atomic E-state index is 13.2. The first-order chi connectivity index (χ1) is 12.8. The largest absolute Gasteiger partial charge is 0.418 e. The molecule has 4 aromatic rings. The van der Waals surface area contributed by atoms with Crippen molar-refractivity contribution in [3.63, 3.8) is 0 Å². The number of nitrogens with one attached hydrogen (secondary N) is 1. The molecule has 3 aromatic carbocycles. The minimum absolute atomic E-state index is 0.282. The smallest absolute Gasteiger partial charge is 0.247 e. The number of hydrogen-bond acceptors (Lipinski definition) is 4. The van der Waals surface area contributed by atoms with Gasteiger partial charge in [-0.3, -0.25) is 0 Å². The Morgan fingerprint density at radius 1 is 0.769 bits per heavy atom. The van der Waals surface area contributed by atoms with Crippen LogP contribution >= 0.6 is 0 Å². The summed E-state index contributed by atoms with van der Waals surface area (Å²) in [4.78, 5) is 0. The van der Waals surface area contributed by atoms with Crippen LogP contribution in [0.4, 0.5) is 10.1 Å². The van der Waals surface area contributed by atoms with E-state index in [2.05, 4.69) is 15.5 Å². The lowest BCUT2D eigenvalue weighted by molar-refractivity contribution is 0.494. The van der Waals surface area contributed by atoms with Gasteiger partial charge in [-0.15, -0.1) is 10.2 Å². The fourth-order valence-electron chi connectivity index (χ4n) is 2.69. The number of hydrogen-bond donors (Lipinski definition) is 1. The number of aromatic nitrogens is 2. The Balaban J connectivity index is 1.69. The highest BCUT2D eigenvalue weighted by Gasteiger charge is 2.21. The molecule has 0 fully saturated rings. The maximum atomic E-state index is 13.2. The molecule has 0 saturated carbocycles. The first-order valence-electron chi connectivity index (χ1n) is 8.25. The van der Waals surface area contributed by atoms with Crippen molar-refractivity contribution < 1.29 is 8.81 Å². The van der Waals surface area contributed by atoms with Gasteiger partial charge in [0.15, 0.2) is 0 Å². The van der Waals surface area contributed by atoms with Gasteiger partial charge in [0.1, 0.15) is 11.9 Å². The van der Waals surface area contributed by atoms with E-state index < -0.39 is 0 Å². The van der Waals surface area contributed by atoms with Gasteiger partial charge in [0.05, 0.1) is 0 Å². The average Bonchev–Trinajstić information content (AvgIpc) is 3.19. The van der Waals surface area contributed by atoms with E-state index in [-0.39, 0.29) is 11.9 Å². The highest BCUT2D eigenvalue weighted by molar-refractivity contribution is 5.52. The van der Waals surface area contributed by atoms with Crippen molar-refractivity contribution in [2.45, 2.75) is 6.04 Å². The zero-order valence-corrected chi connectivity index (χ0v) is 13.8. The van der Waals surface area contributed by atoms with Crippen LogP contribution in [0.1, 0.15) is 17.5 Å². The molecule has 128 valence electrons. The van der Waals surface area contributed by atoms with Crippen molar-refractivity contribution >= 4 is 5.69 Å². The minimum atomic E-state index is -0.341. The molecular formula is C21H16FN3O. The van der Waals surface area contributed by atoms with E-state index in [1.165, 1.54) is 12.1 Å². The van der Waals surface area contributed by atoms with Crippen LogP contribution in [0.5, 0.6) is 0 Å². The summed E-state index contributed by atoms with van der Waals surface area (Å²) in [5.41, 5.74) is 2.60. The standard InChI is InChI=1S/C21H16FN3O/c22-17-11-13-18(14-12-17)23-19(15-7-3-1-4-8-15)21-25-24-20(26-21)16-9-5-2-6-10-16/h1-14,19,23H/t19-/m0/s1. The van der Waals surface area contributed by atoms with Crippen LogP contribution in [-0.2, 0) is 0 Å². The topological polar surface area (TPSA) is 51.0 Å². The molecular weight excluding hydrogens is 329 g/mol. The molecule has 1 heterocycles. The van der Waals surface area contributed by atoms with Crippen LogP contribution in [0.2, 0.25) is 0 Å². The maximum Gasteiger partial charge on any atom is 0.247 e. The summed E-state index contributed by atoms with van der Waals surface area (Å²) in [6.45, 7) is 0. The zero-order valence-electron chi connectivity index (χ0n) is 13.8. The number of rotatable bonds is 5. The summed E-state index contributed by atoms with van der Waals surface area (Å²) in [5.74, 6) is 0.623. The zero-order chi connectivity index (χ0) is 17.8. The van der Waals surface area contributed by atoms with E-state index in [9.17, 15) is 4.39 Å². The van der Waals surface area contributed by atoms with E-state index in [1.807, 2.05) is 60.7 Å². The molecule has 0 aliphatic carbocycles. The highest BCUT2D eigenvalue weighted by Crippen LogP contribution is 2.28. The monoisotopic (exact) mass is 345 g/mol. The fourth-order valence-corrected chi connectivity index (χ4v) is 2.69. The van der Waals surface area contributed by atoms with Gasteiger partial charge < -0.3 is 9.73 Å². The Bertz CT molecular complexity index is 969. The molecule has 0 bridgehead atoms. The normalized spacial score (nSPS) is 11.9.